The summed E-state index contributed by atoms with van der Waals surface area (Å²) >= 11 is 0. The first-order valence-electron chi connectivity index (χ1n) is 20.4. The minimum atomic E-state index is -0.0980. The number of anilines is 3. The van der Waals surface area contributed by atoms with Crippen LogP contribution >= 0.6 is 0 Å². The Balaban J connectivity index is 0.932. The van der Waals surface area contributed by atoms with Crippen LogP contribution in [-0.4, -0.2) is 9.55 Å². The molecule has 0 amide bonds. The number of aromatic nitrogens is 2. The largest absolute Gasteiger partial charge is 0.310 e. The fraction of sp³-hybridized carbons (Fsp3) is 0.0536. The van der Waals surface area contributed by atoms with E-state index in [0.717, 1.165) is 28.3 Å². The van der Waals surface area contributed by atoms with Crippen molar-refractivity contribution in [3.8, 4) is 50.3 Å². The molecule has 0 bridgehead atoms. The highest BCUT2D eigenvalue weighted by Gasteiger charge is 2.35. The molecule has 0 saturated heterocycles. The summed E-state index contributed by atoms with van der Waals surface area (Å²) in [5, 5.41) is 2.52. The second-order valence-electron chi connectivity index (χ2n) is 16.0. The van der Waals surface area contributed by atoms with Gasteiger partial charge in [0.05, 0.1) is 16.7 Å². The van der Waals surface area contributed by atoms with Gasteiger partial charge in [-0.25, -0.2) is 0 Å². The lowest BCUT2D eigenvalue weighted by molar-refractivity contribution is 0.660. The van der Waals surface area contributed by atoms with Gasteiger partial charge in [0.15, 0.2) is 0 Å². The van der Waals surface area contributed by atoms with Crippen LogP contribution in [0.4, 0.5) is 17.1 Å². The standard InChI is InChI=1S/C56H41N3/c1-56(2)51-16-8-6-14-47(51)48-33-32-46(37-52(48)56)58(45-30-25-41(26-31-45)53-17-10-11-35-57-53)44-28-23-39(24-29-44)38-19-21-40(22-20-38)42-27-34-55-50(36-42)49-15-7-9-18-54(49)59(55)43-12-4-3-5-13-43/h3-37H,1-2H3. The van der Waals surface area contributed by atoms with Crippen molar-refractivity contribution < 1.29 is 0 Å². The van der Waals surface area contributed by atoms with E-state index in [1.54, 1.807) is 0 Å². The van der Waals surface area contributed by atoms with Crippen molar-refractivity contribution in [1.29, 1.82) is 0 Å². The van der Waals surface area contributed by atoms with E-state index >= 15 is 0 Å². The molecule has 10 aromatic rings. The molecular weight excluding hydrogens is 715 g/mol. The zero-order chi connectivity index (χ0) is 39.5. The van der Waals surface area contributed by atoms with Crippen molar-refractivity contribution in [2.75, 3.05) is 4.90 Å². The van der Waals surface area contributed by atoms with Crippen molar-refractivity contribution in [3.05, 3.63) is 224 Å². The molecule has 2 heterocycles. The topological polar surface area (TPSA) is 21.1 Å². The summed E-state index contributed by atoms with van der Waals surface area (Å²) in [7, 11) is 0. The van der Waals surface area contributed by atoms with Crippen molar-refractivity contribution in [3.63, 3.8) is 0 Å². The predicted octanol–water partition coefficient (Wildman–Crippen LogP) is 15.0. The van der Waals surface area contributed by atoms with Crippen LogP contribution in [0.2, 0.25) is 0 Å². The smallest absolute Gasteiger partial charge is 0.0701 e. The maximum Gasteiger partial charge on any atom is 0.0701 e. The van der Waals surface area contributed by atoms with Crippen LogP contribution in [0.15, 0.2) is 212 Å². The van der Waals surface area contributed by atoms with Gasteiger partial charge in [-0.15, -0.1) is 0 Å². The molecule has 0 fully saturated rings. The molecule has 1 aliphatic carbocycles. The average molecular weight is 756 g/mol. The van der Waals surface area contributed by atoms with E-state index in [2.05, 4.69) is 222 Å². The zero-order valence-electron chi connectivity index (χ0n) is 33.0. The summed E-state index contributed by atoms with van der Waals surface area (Å²) in [6.45, 7) is 4.69. The average Bonchev–Trinajstić information content (AvgIpc) is 3.75. The van der Waals surface area contributed by atoms with E-state index in [-0.39, 0.29) is 5.41 Å². The number of fused-ring (bicyclic) bond motifs is 6. The number of para-hydroxylation sites is 2. The molecule has 280 valence electrons. The molecule has 0 radical (unpaired) electrons. The molecule has 59 heavy (non-hydrogen) atoms. The number of rotatable bonds is 7. The van der Waals surface area contributed by atoms with Crippen molar-refractivity contribution >= 4 is 38.9 Å². The van der Waals surface area contributed by atoms with E-state index in [4.69, 9.17) is 0 Å². The van der Waals surface area contributed by atoms with Crippen LogP contribution in [0.5, 0.6) is 0 Å². The summed E-state index contributed by atoms with van der Waals surface area (Å²) in [6, 6.07) is 74.8. The van der Waals surface area contributed by atoms with E-state index in [9.17, 15) is 0 Å². The lowest BCUT2D eigenvalue weighted by Gasteiger charge is -2.28. The third-order valence-electron chi connectivity index (χ3n) is 12.3. The molecule has 0 N–H and O–H groups in total. The minimum absolute atomic E-state index is 0.0980. The molecule has 0 atom stereocenters. The maximum atomic E-state index is 4.60. The van der Waals surface area contributed by atoms with E-state index in [1.165, 1.54) is 72.0 Å². The first-order chi connectivity index (χ1) is 29.0. The van der Waals surface area contributed by atoms with Gasteiger partial charge < -0.3 is 9.47 Å². The van der Waals surface area contributed by atoms with Crippen molar-refractivity contribution in [2.24, 2.45) is 0 Å². The van der Waals surface area contributed by atoms with E-state index < -0.39 is 0 Å². The molecule has 8 aromatic carbocycles. The Hall–Kier alpha value is -7.49. The first-order valence-corrected chi connectivity index (χ1v) is 20.4. The Bertz CT molecular complexity index is 3140. The van der Waals surface area contributed by atoms with Gasteiger partial charge in [-0.1, -0.05) is 141 Å². The van der Waals surface area contributed by atoms with E-state index in [0.29, 0.717) is 0 Å². The molecule has 0 spiro atoms. The van der Waals surface area contributed by atoms with Crippen molar-refractivity contribution in [2.45, 2.75) is 19.3 Å². The number of hydrogen-bond donors (Lipinski definition) is 0. The first kappa shape index (κ1) is 34.7. The number of benzene rings is 8. The second kappa shape index (κ2) is 13.9. The summed E-state index contributed by atoms with van der Waals surface area (Å²) in [4.78, 5) is 6.97. The monoisotopic (exact) mass is 755 g/mol. The molecule has 0 aliphatic heterocycles. The summed E-state index contributed by atoms with van der Waals surface area (Å²) in [5.74, 6) is 0. The molecule has 3 heteroatoms. The number of hydrogen-bond acceptors (Lipinski definition) is 2. The van der Waals surface area contributed by atoms with Gasteiger partial charge in [-0.2, -0.15) is 0 Å². The van der Waals surface area contributed by atoms with Crippen LogP contribution in [0, 0.1) is 0 Å². The predicted molar refractivity (Wildman–Crippen MR) is 247 cm³/mol. The summed E-state index contributed by atoms with van der Waals surface area (Å²) in [6.07, 6.45) is 1.85. The van der Waals surface area contributed by atoms with Gasteiger partial charge in [-0.05, 0) is 123 Å². The van der Waals surface area contributed by atoms with Crippen LogP contribution in [0.1, 0.15) is 25.0 Å². The molecule has 1 aliphatic rings. The van der Waals surface area contributed by atoms with Crippen molar-refractivity contribution in [1.82, 2.24) is 9.55 Å². The maximum absolute atomic E-state index is 4.60. The van der Waals surface area contributed by atoms with Gasteiger partial charge >= 0.3 is 0 Å². The molecule has 11 rings (SSSR count). The molecule has 0 saturated carbocycles. The van der Waals surface area contributed by atoms with Gasteiger partial charge in [0.2, 0.25) is 0 Å². The fourth-order valence-corrected chi connectivity index (χ4v) is 9.26. The lowest BCUT2D eigenvalue weighted by Crippen LogP contribution is -2.16. The molecule has 2 aromatic heterocycles. The minimum Gasteiger partial charge on any atom is -0.310 e. The highest BCUT2D eigenvalue weighted by atomic mass is 15.1. The Kier molecular flexibility index (Phi) is 8.16. The summed E-state index contributed by atoms with van der Waals surface area (Å²) < 4.78 is 2.36. The third kappa shape index (κ3) is 5.85. The third-order valence-corrected chi connectivity index (χ3v) is 12.3. The Morgan fingerprint density at radius 3 is 1.69 bits per heavy atom. The Morgan fingerprint density at radius 2 is 0.966 bits per heavy atom. The molecular formula is C56H41N3. The number of pyridine rings is 1. The zero-order valence-corrected chi connectivity index (χ0v) is 33.0. The van der Waals surface area contributed by atoms with Gasteiger partial charge in [0.25, 0.3) is 0 Å². The molecule has 0 unspecified atom stereocenters. The van der Waals surface area contributed by atoms with Gasteiger partial charge in [0, 0.05) is 50.7 Å². The normalized spacial score (nSPS) is 12.7. The Labute approximate surface area is 345 Å². The quantitative estimate of drug-likeness (QED) is 0.162. The fourth-order valence-electron chi connectivity index (χ4n) is 9.26. The lowest BCUT2D eigenvalue weighted by atomic mass is 9.82. The SMILES string of the molecule is CC1(C)c2ccccc2-c2ccc(N(c3ccc(-c4ccc(-c5ccc6c(c5)c5ccccc5n6-c5ccccc5)cc4)cc3)c3ccc(-c4ccccn4)cc3)cc21. The van der Waals surface area contributed by atoms with Crippen LogP contribution < -0.4 is 4.90 Å². The van der Waals surface area contributed by atoms with E-state index in [1.807, 2.05) is 18.3 Å². The second-order valence-corrected chi connectivity index (χ2v) is 16.0. The highest BCUT2D eigenvalue weighted by Crippen LogP contribution is 2.50. The molecule has 3 nitrogen and oxygen atoms in total. The van der Waals surface area contributed by atoms with Gasteiger partial charge in [-0.3, -0.25) is 4.98 Å². The number of nitrogens with zero attached hydrogens (tertiary/aromatic N) is 3. The van der Waals surface area contributed by atoms with Crippen LogP contribution in [-0.2, 0) is 5.41 Å². The van der Waals surface area contributed by atoms with Crippen LogP contribution in [0.25, 0.3) is 72.1 Å². The van der Waals surface area contributed by atoms with Crippen LogP contribution in [0.3, 0.4) is 0 Å². The highest BCUT2D eigenvalue weighted by molar-refractivity contribution is 6.10. The Morgan fingerprint density at radius 1 is 0.407 bits per heavy atom. The van der Waals surface area contributed by atoms with Gasteiger partial charge in [0.1, 0.15) is 0 Å². The summed E-state index contributed by atoms with van der Waals surface area (Å²) in [5.41, 5.74) is 19.1.